The minimum Gasteiger partial charge on any atom is -0.468 e. The van der Waals surface area contributed by atoms with E-state index >= 15 is 0 Å². The maximum atomic E-state index is 13.7. The molecule has 0 radical (unpaired) electrons. The van der Waals surface area contributed by atoms with E-state index in [2.05, 4.69) is 5.32 Å². The largest absolute Gasteiger partial charge is 0.468 e. The number of ether oxygens (including phenoxy) is 2. The lowest BCUT2D eigenvalue weighted by Crippen LogP contribution is -2.43. The van der Waals surface area contributed by atoms with Gasteiger partial charge >= 0.3 is 11.9 Å². The number of methoxy groups -OCH3 is 1. The Morgan fingerprint density at radius 3 is 2.39 bits per heavy atom. The van der Waals surface area contributed by atoms with Gasteiger partial charge in [-0.25, -0.2) is 4.79 Å². The van der Waals surface area contributed by atoms with Gasteiger partial charge in [0.2, 0.25) is 0 Å². The smallest absolute Gasteiger partial charge is 0.337 e. The topological polar surface area (TPSA) is 84.9 Å². The lowest BCUT2D eigenvalue weighted by molar-refractivity contribution is -0.151. The number of Topliss-reactive ketones (excluding diaryl/α,β-unsaturated/α-hetero) is 1. The average molecular weight is 455 g/mol. The fraction of sp³-hybridized carbons (Fsp3) is 0.500. The maximum absolute atomic E-state index is 13.7. The van der Waals surface area contributed by atoms with Crippen LogP contribution in [0.25, 0.3) is 0 Å². The number of benzene rings is 1. The molecule has 0 saturated carbocycles. The number of hydrogen-bond acceptors (Lipinski definition) is 7. The van der Waals surface area contributed by atoms with Crippen molar-refractivity contribution < 1.29 is 23.9 Å². The zero-order chi connectivity index (χ0) is 24.4. The molecule has 4 atom stereocenters. The van der Waals surface area contributed by atoms with E-state index in [0.29, 0.717) is 29.7 Å². The van der Waals surface area contributed by atoms with E-state index in [1.165, 1.54) is 7.11 Å². The Bertz CT molecular complexity index is 1010. The molecule has 0 fully saturated rings. The summed E-state index contributed by atoms with van der Waals surface area (Å²) in [5.74, 6) is -3.04. The van der Waals surface area contributed by atoms with E-state index < -0.39 is 23.8 Å². The molecular formula is C26H34N2O5. The van der Waals surface area contributed by atoms with E-state index in [0.717, 1.165) is 16.9 Å². The van der Waals surface area contributed by atoms with Crippen LogP contribution in [0, 0.1) is 11.8 Å². The number of hydrogen-bond donors (Lipinski definition) is 1. The van der Waals surface area contributed by atoms with E-state index in [4.69, 9.17) is 9.47 Å². The lowest BCUT2D eigenvalue weighted by Gasteiger charge is -2.38. The highest BCUT2D eigenvalue weighted by Crippen LogP contribution is 2.45. The molecule has 0 bridgehead atoms. The molecule has 7 heteroatoms. The average Bonchev–Trinajstić information content (AvgIpc) is 2.77. The predicted molar refractivity (Wildman–Crippen MR) is 127 cm³/mol. The molecule has 0 spiro atoms. The van der Waals surface area contributed by atoms with Crippen LogP contribution in [-0.4, -0.2) is 45.0 Å². The third-order valence-electron chi connectivity index (χ3n) is 6.59. The molecular weight excluding hydrogens is 420 g/mol. The predicted octanol–water partition coefficient (Wildman–Crippen LogP) is 3.71. The van der Waals surface area contributed by atoms with Crippen LogP contribution in [-0.2, 0) is 23.9 Å². The molecule has 1 aromatic rings. The van der Waals surface area contributed by atoms with Crippen LogP contribution in [0.5, 0.6) is 0 Å². The van der Waals surface area contributed by atoms with Crippen molar-refractivity contribution in [3.63, 3.8) is 0 Å². The first kappa shape index (κ1) is 24.6. The van der Waals surface area contributed by atoms with Crippen molar-refractivity contribution in [2.45, 2.75) is 52.6 Å². The van der Waals surface area contributed by atoms with Gasteiger partial charge in [0.25, 0.3) is 0 Å². The van der Waals surface area contributed by atoms with Crippen LogP contribution in [0.2, 0.25) is 0 Å². The number of nitrogens with zero attached hydrogens (tertiary/aromatic N) is 1. The van der Waals surface area contributed by atoms with Gasteiger partial charge in [0.1, 0.15) is 5.92 Å². The molecule has 0 unspecified atom stereocenters. The second-order valence-electron chi connectivity index (χ2n) is 9.15. The summed E-state index contributed by atoms with van der Waals surface area (Å²) in [5.41, 5.74) is 4.08. The van der Waals surface area contributed by atoms with Gasteiger partial charge in [0.15, 0.2) is 5.78 Å². The van der Waals surface area contributed by atoms with E-state index in [1.54, 1.807) is 0 Å². The van der Waals surface area contributed by atoms with Crippen LogP contribution >= 0.6 is 0 Å². The quantitative estimate of drug-likeness (QED) is 0.518. The molecule has 1 aliphatic carbocycles. The van der Waals surface area contributed by atoms with Crippen molar-refractivity contribution in [1.82, 2.24) is 5.32 Å². The number of allylic oxidation sites excluding steroid dienone is 3. The maximum Gasteiger partial charge on any atom is 0.337 e. The van der Waals surface area contributed by atoms with Crippen molar-refractivity contribution in [2.75, 3.05) is 26.1 Å². The second-order valence-corrected chi connectivity index (χ2v) is 9.15. The number of anilines is 1. The molecule has 3 rings (SSSR count). The number of nitrogens with one attached hydrogen (secondary N) is 1. The highest BCUT2D eigenvalue weighted by Gasteiger charge is 2.47. The molecule has 1 N–H and O–H groups in total. The molecule has 1 aliphatic heterocycles. The Kier molecular flexibility index (Phi) is 7.30. The van der Waals surface area contributed by atoms with Gasteiger partial charge < -0.3 is 19.7 Å². The zero-order valence-corrected chi connectivity index (χ0v) is 20.5. The zero-order valence-electron chi connectivity index (χ0n) is 20.5. The minimum absolute atomic E-state index is 0.214. The number of rotatable bonds is 6. The number of carbonyl (C=O) groups excluding carboxylic acids is 3. The monoisotopic (exact) mass is 454 g/mol. The normalized spacial score (nSPS) is 23.5. The molecule has 0 saturated heterocycles. The summed E-state index contributed by atoms with van der Waals surface area (Å²) in [7, 11) is 5.19. The first-order chi connectivity index (χ1) is 15.6. The standard InChI is InChI=1S/C26H34N2O5/c1-8-15(3)33-26(31)21-16(4)27-19-13-14(2)20(25(30)32-7)24(29)23(19)22(21)17-9-11-18(12-10-17)28(5)6/h9-12,14-15,20,22,27H,8,13H2,1-7H3/t14-,15+,20-,22-/m0/s1. The van der Waals surface area contributed by atoms with E-state index in [9.17, 15) is 14.4 Å². The molecule has 1 heterocycles. The lowest BCUT2D eigenvalue weighted by atomic mass is 9.69. The Labute approximate surface area is 195 Å². The van der Waals surface area contributed by atoms with Gasteiger partial charge in [0.05, 0.1) is 18.8 Å². The SMILES string of the molecule is CC[C@@H](C)OC(=O)C1=C(C)NC2=C(C(=O)[C@@H](C(=O)OC)[C@@H](C)C2)[C@H]1c1ccc(N(C)C)cc1. The molecule has 33 heavy (non-hydrogen) atoms. The van der Waals surface area contributed by atoms with Crippen molar-refractivity contribution in [3.8, 4) is 0 Å². The third kappa shape index (κ3) is 4.68. The minimum atomic E-state index is -0.899. The molecule has 2 aliphatic rings. The van der Waals surface area contributed by atoms with Gasteiger partial charge in [-0.1, -0.05) is 26.0 Å². The van der Waals surface area contributed by atoms with Crippen LogP contribution in [0.4, 0.5) is 5.69 Å². The number of carbonyl (C=O) groups is 3. The van der Waals surface area contributed by atoms with Crippen molar-refractivity contribution in [1.29, 1.82) is 0 Å². The summed E-state index contributed by atoms with van der Waals surface area (Å²) in [5, 5.41) is 3.29. The van der Waals surface area contributed by atoms with Gasteiger partial charge in [-0.15, -0.1) is 0 Å². The fourth-order valence-electron chi connectivity index (χ4n) is 4.58. The molecule has 0 aromatic heterocycles. The number of esters is 2. The van der Waals surface area contributed by atoms with Crippen molar-refractivity contribution in [3.05, 3.63) is 52.4 Å². The second kappa shape index (κ2) is 9.81. The van der Waals surface area contributed by atoms with Gasteiger partial charge in [-0.2, -0.15) is 0 Å². The molecule has 0 amide bonds. The Hall–Kier alpha value is -3.09. The highest BCUT2D eigenvalue weighted by molar-refractivity contribution is 6.12. The van der Waals surface area contributed by atoms with E-state index in [-0.39, 0.29) is 17.8 Å². The number of ketones is 1. The van der Waals surface area contributed by atoms with Gasteiger partial charge in [-0.05, 0) is 50.3 Å². The first-order valence-electron chi connectivity index (χ1n) is 11.4. The Morgan fingerprint density at radius 1 is 1.21 bits per heavy atom. The van der Waals surface area contributed by atoms with E-state index in [1.807, 2.05) is 71.0 Å². The van der Waals surface area contributed by atoms with Crippen molar-refractivity contribution in [2.24, 2.45) is 11.8 Å². The third-order valence-corrected chi connectivity index (χ3v) is 6.59. The summed E-state index contributed by atoms with van der Waals surface area (Å²) >= 11 is 0. The number of dihydropyridines is 1. The van der Waals surface area contributed by atoms with Crippen LogP contribution < -0.4 is 10.2 Å². The van der Waals surface area contributed by atoms with Gasteiger partial charge in [0, 0.05) is 42.7 Å². The summed E-state index contributed by atoms with van der Waals surface area (Å²) < 4.78 is 10.6. The van der Waals surface area contributed by atoms with Crippen LogP contribution in [0.1, 0.15) is 52.0 Å². The highest BCUT2D eigenvalue weighted by atomic mass is 16.5. The molecule has 7 nitrogen and oxygen atoms in total. The first-order valence-corrected chi connectivity index (χ1v) is 11.4. The molecule has 178 valence electrons. The Balaban J connectivity index is 2.16. The Morgan fingerprint density at radius 2 is 1.85 bits per heavy atom. The summed E-state index contributed by atoms with van der Waals surface area (Å²) in [6.07, 6.45) is 0.940. The van der Waals surface area contributed by atoms with Crippen LogP contribution in [0.3, 0.4) is 0 Å². The van der Waals surface area contributed by atoms with Gasteiger partial charge in [-0.3, -0.25) is 9.59 Å². The van der Waals surface area contributed by atoms with Crippen LogP contribution in [0.15, 0.2) is 46.8 Å². The summed E-state index contributed by atoms with van der Waals surface area (Å²) in [6.45, 7) is 7.50. The summed E-state index contributed by atoms with van der Waals surface area (Å²) in [6, 6.07) is 7.77. The summed E-state index contributed by atoms with van der Waals surface area (Å²) in [4.78, 5) is 41.5. The molecule has 1 aromatic carbocycles. The fourth-order valence-corrected chi connectivity index (χ4v) is 4.58. The van der Waals surface area contributed by atoms with Crippen molar-refractivity contribution >= 4 is 23.4 Å².